The molecule has 3 heterocycles. The van der Waals surface area contributed by atoms with E-state index in [0.29, 0.717) is 12.5 Å². The van der Waals surface area contributed by atoms with E-state index in [9.17, 15) is 0 Å². The van der Waals surface area contributed by atoms with Gasteiger partial charge in [0.1, 0.15) is 24.4 Å². The van der Waals surface area contributed by atoms with Gasteiger partial charge >= 0.3 is 0 Å². The molecule has 116 valence electrons. The van der Waals surface area contributed by atoms with Crippen LogP contribution in [0.1, 0.15) is 0 Å². The van der Waals surface area contributed by atoms with Gasteiger partial charge in [-0.05, 0) is 12.1 Å². The fourth-order valence-electron chi connectivity index (χ4n) is 2.18. The Morgan fingerprint density at radius 3 is 2.86 bits per heavy atom. The minimum Gasteiger partial charge on any atom is -0.442 e. The number of fused-ring (bicyclic) bond motifs is 1. The van der Waals surface area contributed by atoms with Crippen molar-refractivity contribution >= 4 is 19.1 Å². The quantitative estimate of drug-likeness (QED) is 0.515. The number of hydrogen-bond donors (Lipinski definition) is 0. The first-order valence-electron chi connectivity index (χ1n) is 7.31. The third kappa shape index (κ3) is 3.25. The van der Waals surface area contributed by atoms with Gasteiger partial charge in [0.05, 0.1) is 6.20 Å². The summed E-state index contributed by atoms with van der Waals surface area (Å²) in [5, 5.41) is 0.938. The molecule has 22 heavy (non-hydrogen) atoms. The molecule has 7 heteroatoms. The molecular formula is C15H20N4O2Si. The maximum absolute atomic E-state index is 5.79. The number of nitrogens with zero attached hydrogens (tertiary/aromatic N) is 4. The van der Waals surface area contributed by atoms with Crippen molar-refractivity contribution in [2.24, 2.45) is 0 Å². The number of aromatic nitrogens is 4. The molecule has 0 aromatic carbocycles. The van der Waals surface area contributed by atoms with Gasteiger partial charge in [-0.3, -0.25) is 0 Å². The molecule has 3 aromatic heterocycles. The molecule has 0 spiro atoms. The summed E-state index contributed by atoms with van der Waals surface area (Å²) < 4.78 is 13.1. The monoisotopic (exact) mass is 316 g/mol. The maximum Gasteiger partial charge on any atom is 0.181 e. The predicted molar refractivity (Wildman–Crippen MR) is 87.1 cm³/mol. The van der Waals surface area contributed by atoms with E-state index in [0.717, 1.165) is 29.4 Å². The summed E-state index contributed by atoms with van der Waals surface area (Å²) in [7, 11) is -1.06. The van der Waals surface area contributed by atoms with Gasteiger partial charge in [-0.15, -0.1) is 0 Å². The van der Waals surface area contributed by atoms with E-state index in [1.165, 1.54) is 6.39 Å². The van der Waals surface area contributed by atoms with Gasteiger partial charge in [0.25, 0.3) is 0 Å². The van der Waals surface area contributed by atoms with Crippen LogP contribution in [0.25, 0.3) is 22.5 Å². The number of oxazole rings is 1. The van der Waals surface area contributed by atoms with Crippen molar-refractivity contribution in [1.29, 1.82) is 0 Å². The highest BCUT2D eigenvalue weighted by molar-refractivity contribution is 6.76. The molecule has 0 unspecified atom stereocenters. The highest BCUT2D eigenvalue weighted by Gasteiger charge is 2.14. The molecule has 3 rings (SSSR count). The van der Waals surface area contributed by atoms with Crippen molar-refractivity contribution in [3.63, 3.8) is 0 Å². The van der Waals surface area contributed by atoms with Crippen LogP contribution in [0.4, 0.5) is 0 Å². The fraction of sp³-hybridized carbons (Fsp3) is 0.400. The van der Waals surface area contributed by atoms with E-state index in [4.69, 9.17) is 9.15 Å². The molecule has 0 bridgehead atoms. The molecule has 0 aliphatic rings. The van der Waals surface area contributed by atoms with E-state index in [-0.39, 0.29) is 0 Å². The normalized spacial score (nSPS) is 12.1. The van der Waals surface area contributed by atoms with E-state index in [1.807, 2.05) is 16.8 Å². The fourth-order valence-corrected chi connectivity index (χ4v) is 2.93. The Kier molecular flexibility index (Phi) is 4.08. The molecule has 0 aliphatic heterocycles. The summed E-state index contributed by atoms with van der Waals surface area (Å²) >= 11 is 0. The van der Waals surface area contributed by atoms with Gasteiger partial charge in [0.2, 0.25) is 0 Å². The van der Waals surface area contributed by atoms with E-state index in [2.05, 4.69) is 34.6 Å². The Labute approximate surface area is 130 Å². The SMILES string of the molecule is C[Si](C)(C)CCOCn1ccc2c(-c3cnco3)ncnc21. The Hall–Kier alpha value is -1.99. The van der Waals surface area contributed by atoms with Crippen molar-refractivity contribution in [3.05, 3.63) is 31.2 Å². The smallest absolute Gasteiger partial charge is 0.181 e. The largest absolute Gasteiger partial charge is 0.442 e. The molecule has 0 saturated heterocycles. The van der Waals surface area contributed by atoms with Gasteiger partial charge in [-0.1, -0.05) is 19.6 Å². The Morgan fingerprint density at radius 2 is 2.14 bits per heavy atom. The van der Waals surface area contributed by atoms with Crippen LogP contribution in [0.5, 0.6) is 0 Å². The van der Waals surface area contributed by atoms with Crippen molar-refractivity contribution in [2.45, 2.75) is 32.4 Å². The highest BCUT2D eigenvalue weighted by atomic mass is 28.3. The summed E-state index contributed by atoms with van der Waals surface area (Å²) in [6.45, 7) is 8.32. The van der Waals surface area contributed by atoms with Crippen LogP contribution in [-0.2, 0) is 11.5 Å². The molecular weight excluding hydrogens is 296 g/mol. The molecule has 0 saturated carbocycles. The summed E-state index contributed by atoms with van der Waals surface area (Å²) in [4.78, 5) is 12.6. The standard InChI is InChI=1S/C15H20N4O2Si/c1-22(2,3)7-6-20-11-19-5-4-12-14(13-8-16-10-21-13)17-9-18-15(12)19/h4-5,8-10H,6-7,11H2,1-3H3. The van der Waals surface area contributed by atoms with Crippen molar-refractivity contribution in [3.8, 4) is 11.5 Å². The summed E-state index contributed by atoms with van der Waals surface area (Å²) in [6, 6.07) is 3.14. The van der Waals surface area contributed by atoms with Crippen molar-refractivity contribution in [1.82, 2.24) is 19.5 Å². The van der Waals surface area contributed by atoms with Gasteiger partial charge in [-0.2, -0.15) is 0 Å². The number of hydrogen-bond acceptors (Lipinski definition) is 5. The zero-order valence-electron chi connectivity index (χ0n) is 13.1. The van der Waals surface area contributed by atoms with Crippen molar-refractivity contribution in [2.75, 3.05) is 6.61 Å². The summed E-state index contributed by atoms with van der Waals surface area (Å²) in [5.41, 5.74) is 1.60. The van der Waals surface area contributed by atoms with Crippen LogP contribution in [-0.4, -0.2) is 34.2 Å². The molecule has 0 radical (unpaired) electrons. The lowest BCUT2D eigenvalue weighted by atomic mass is 10.2. The summed E-state index contributed by atoms with van der Waals surface area (Å²) in [5.74, 6) is 0.643. The first-order valence-corrected chi connectivity index (χ1v) is 11.0. The first kappa shape index (κ1) is 14.9. The molecule has 0 fully saturated rings. The van der Waals surface area contributed by atoms with Gasteiger partial charge in [-0.25, -0.2) is 15.0 Å². The van der Waals surface area contributed by atoms with Gasteiger partial charge in [0.15, 0.2) is 12.2 Å². The minimum absolute atomic E-state index is 0.501. The first-order chi connectivity index (χ1) is 10.5. The maximum atomic E-state index is 5.79. The average Bonchev–Trinajstić information content (AvgIpc) is 3.12. The second kappa shape index (κ2) is 6.02. The molecule has 0 atom stereocenters. The van der Waals surface area contributed by atoms with Crippen molar-refractivity contribution < 1.29 is 9.15 Å². The van der Waals surface area contributed by atoms with Crippen LogP contribution in [0.2, 0.25) is 25.7 Å². The second-order valence-corrected chi connectivity index (χ2v) is 12.1. The minimum atomic E-state index is -1.06. The van der Waals surface area contributed by atoms with E-state index >= 15 is 0 Å². The van der Waals surface area contributed by atoms with Crippen LogP contribution in [0.15, 0.2) is 35.6 Å². The van der Waals surface area contributed by atoms with Crippen LogP contribution < -0.4 is 0 Å². The lowest BCUT2D eigenvalue weighted by molar-refractivity contribution is 0.0899. The second-order valence-electron chi connectivity index (χ2n) is 6.46. The topological polar surface area (TPSA) is 66.0 Å². The van der Waals surface area contributed by atoms with Crippen LogP contribution in [0.3, 0.4) is 0 Å². The summed E-state index contributed by atoms with van der Waals surface area (Å²) in [6.07, 6.45) is 6.57. The third-order valence-corrected chi connectivity index (χ3v) is 5.15. The van der Waals surface area contributed by atoms with Crippen LogP contribution >= 0.6 is 0 Å². The van der Waals surface area contributed by atoms with E-state index in [1.54, 1.807) is 12.5 Å². The average molecular weight is 316 g/mol. The van der Waals surface area contributed by atoms with Gasteiger partial charge < -0.3 is 13.7 Å². The number of ether oxygens (including phenoxy) is 1. The third-order valence-electron chi connectivity index (χ3n) is 3.45. The molecule has 3 aromatic rings. The lowest BCUT2D eigenvalue weighted by Crippen LogP contribution is -2.22. The Bertz CT molecular complexity index is 747. The predicted octanol–water partition coefficient (Wildman–Crippen LogP) is 3.40. The zero-order chi connectivity index (χ0) is 15.6. The molecule has 0 aliphatic carbocycles. The van der Waals surface area contributed by atoms with Crippen LogP contribution in [0, 0.1) is 0 Å². The lowest BCUT2D eigenvalue weighted by Gasteiger charge is -2.15. The molecule has 6 nitrogen and oxygen atoms in total. The van der Waals surface area contributed by atoms with E-state index < -0.39 is 8.07 Å². The zero-order valence-corrected chi connectivity index (χ0v) is 14.1. The molecule has 0 N–H and O–H groups in total. The Balaban J connectivity index is 1.77. The number of rotatable bonds is 6. The van der Waals surface area contributed by atoms with Gasteiger partial charge in [0, 0.05) is 26.3 Å². The highest BCUT2D eigenvalue weighted by Crippen LogP contribution is 2.25. The Morgan fingerprint density at radius 1 is 1.27 bits per heavy atom. The molecule has 0 amide bonds.